The molecule has 0 saturated heterocycles. The smallest absolute Gasteiger partial charge is 0.119 e. The summed E-state index contributed by atoms with van der Waals surface area (Å²) in [4.78, 5) is 1.24. The molecule has 0 fully saturated rings. The van der Waals surface area contributed by atoms with Gasteiger partial charge in [-0.1, -0.05) is 37.2 Å². The zero-order valence-electron chi connectivity index (χ0n) is 13.1. The third-order valence-corrected chi connectivity index (χ3v) is 6.39. The Bertz CT molecular complexity index is 623. The van der Waals surface area contributed by atoms with Gasteiger partial charge in [0.05, 0.1) is 9.52 Å². The Kier molecular flexibility index (Phi) is 5.54. The Morgan fingerprint density at radius 3 is 2.62 bits per heavy atom. The molecule has 0 spiro atoms. The highest BCUT2D eigenvalue weighted by Crippen LogP contribution is 2.30. The second kappa shape index (κ2) is 7.19. The number of hydrogen-bond acceptors (Lipinski definition) is 2. The van der Waals surface area contributed by atoms with Crippen LogP contribution < -0.4 is 5.19 Å². The van der Waals surface area contributed by atoms with E-state index in [1.54, 1.807) is 0 Å². The van der Waals surface area contributed by atoms with E-state index in [1.807, 2.05) is 23.9 Å². The molecule has 0 saturated carbocycles. The van der Waals surface area contributed by atoms with Crippen molar-refractivity contribution in [1.82, 2.24) is 0 Å². The summed E-state index contributed by atoms with van der Waals surface area (Å²) in [5.74, 6) is 0.762. The van der Waals surface area contributed by atoms with Crippen LogP contribution in [0.25, 0.3) is 0 Å². The number of phenolic OH excluding ortho intramolecular Hbond substituents is 1. The van der Waals surface area contributed by atoms with Crippen molar-refractivity contribution in [2.24, 2.45) is 0 Å². The van der Waals surface area contributed by atoms with Crippen LogP contribution in [0.4, 0.5) is 0 Å². The first-order valence-electron chi connectivity index (χ1n) is 7.25. The molecule has 2 aromatic rings. The molecule has 110 valence electrons. The number of rotatable bonds is 5. The molecular formula is C18H22OSSi. The number of aryl methyl sites for hydroxylation is 1. The van der Waals surface area contributed by atoms with Crippen molar-refractivity contribution < 1.29 is 5.11 Å². The van der Waals surface area contributed by atoms with Gasteiger partial charge in [0.25, 0.3) is 0 Å². The summed E-state index contributed by atoms with van der Waals surface area (Å²) >= 11 is 1.87. The summed E-state index contributed by atoms with van der Waals surface area (Å²) < 4.78 is 0. The molecule has 0 amide bonds. The molecule has 0 aliphatic rings. The molecule has 1 nitrogen and oxygen atoms in total. The molecule has 1 N–H and O–H groups in total. The molecule has 0 unspecified atom stereocenters. The molecule has 0 atom stereocenters. The van der Waals surface area contributed by atoms with Gasteiger partial charge in [0.15, 0.2) is 0 Å². The highest BCUT2D eigenvalue weighted by molar-refractivity contribution is 8.00. The summed E-state index contributed by atoms with van der Waals surface area (Å²) in [5, 5.41) is 12.4. The number of thioether (sulfide) groups is 1. The van der Waals surface area contributed by atoms with Gasteiger partial charge in [0, 0.05) is 4.90 Å². The van der Waals surface area contributed by atoms with Crippen LogP contribution in [0.15, 0.2) is 41.3 Å². The van der Waals surface area contributed by atoms with Crippen molar-refractivity contribution >= 4 is 26.5 Å². The normalized spacial score (nSPS) is 11.1. The molecule has 0 aliphatic carbocycles. The van der Waals surface area contributed by atoms with Gasteiger partial charge in [0.1, 0.15) is 5.75 Å². The van der Waals surface area contributed by atoms with Gasteiger partial charge in [-0.15, -0.1) is 11.8 Å². The van der Waals surface area contributed by atoms with Crippen LogP contribution in [0.3, 0.4) is 0 Å². The van der Waals surface area contributed by atoms with Gasteiger partial charge in [-0.25, -0.2) is 0 Å². The maximum absolute atomic E-state index is 9.87. The molecule has 0 aromatic heterocycles. The number of benzene rings is 2. The monoisotopic (exact) mass is 314 g/mol. The Hall–Kier alpha value is -1.19. The molecule has 21 heavy (non-hydrogen) atoms. The van der Waals surface area contributed by atoms with Crippen molar-refractivity contribution in [3.63, 3.8) is 0 Å². The fraction of sp³-hybridized carbons (Fsp3) is 0.333. The fourth-order valence-corrected chi connectivity index (χ4v) is 4.85. The minimum atomic E-state index is 0.354. The van der Waals surface area contributed by atoms with E-state index in [1.165, 1.54) is 21.2 Å². The molecular weight excluding hydrogens is 292 g/mol. The molecule has 0 bridgehead atoms. The molecule has 3 heteroatoms. The lowest BCUT2D eigenvalue weighted by atomic mass is 10.0. The second-order valence-corrected chi connectivity index (χ2v) is 8.40. The summed E-state index contributed by atoms with van der Waals surface area (Å²) in [6.07, 6.45) is 0. The average molecular weight is 315 g/mol. The van der Waals surface area contributed by atoms with Crippen LogP contribution in [0, 0.1) is 13.8 Å². The second-order valence-electron chi connectivity index (χ2n) is 5.59. The standard InChI is InChI=1S/C18H22OSSi/c1-12(2)16-10-15(8-9-17(16)19)20-11-21-18-7-5-6-13(3)14(18)4/h5-10,12,19H,11H2,1-4H3. The Morgan fingerprint density at radius 2 is 1.90 bits per heavy atom. The van der Waals surface area contributed by atoms with E-state index < -0.39 is 0 Å². The Labute approximate surface area is 134 Å². The van der Waals surface area contributed by atoms with E-state index in [0.717, 1.165) is 20.5 Å². The maximum atomic E-state index is 9.87. The SMILES string of the molecule is Cc1cccc([Si]CSc2ccc(O)c(C(C)C)c2)c1C. The molecule has 0 heterocycles. The first kappa shape index (κ1) is 16.2. The molecule has 2 rings (SSSR count). The van der Waals surface area contributed by atoms with Crippen LogP contribution in [0.2, 0.25) is 0 Å². The van der Waals surface area contributed by atoms with Crippen LogP contribution in [0.5, 0.6) is 5.75 Å². The van der Waals surface area contributed by atoms with Gasteiger partial charge in [-0.2, -0.15) is 0 Å². The Balaban J connectivity index is 2.01. The van der Waals surface area contributed by atoms with Crippen LogP contribution in [0.1, 0.15) is 36.5 Å². The predicted octanol–water partition coefficient (Wildman–Crippen LogP) is 4.21. The lowest BCUT2D eigenvalue weighted by molar-refractivity contribution is 0.464. The third-order valence-electron chi connectivity index (χ3n) is 3.73. The fourth-order valence-electron chi connectivity index (χ4n) is 2.22. The van der Waals surface area contributed by atoms with E-state index in [2.05, 4.69) is 52.0 Å². The van der Waals surface area contributed by atoms with E-state index in [4.69, 9.17) is 0 Å². The zero-order valence-corrected chi connectivity index (χ0v) is 14.9. The minimum absolute atomic E-state index is 0.354. The topological polar surface area (TPSA) is 20.2 Å². The van der Waals surface area contributed by atoms with Crippen molar-refractivity contribution in [3.05, 3.63) is 53.1 Å². The van der Waals surface area contributed by atoms with Crippen molar-refractivity contribution in [2.75, 3.05) is 5.38 Å². The highest BCUT2D eigenvalue weighted by atomic mass is 32.2. The number of aromatic hydroxyl groups is 1. The zero-order chi connectivity index (χ0) is 15.4. The summed E-state index contributed by atoms with van der Waals surface area (Å²) in [5.41, 5.74) is 3.83. The lowest BCUT2D eigenvalue weighted by Gasteiger charge is -2.11. The van der Waals surface area contributed by atoms with Gasteiger partial charge < -0.3 is 5.11 Å². The van der Waals surface area contributed by atoms with Gasteiger partial charge in [-0.3, -0.25) is 0 Å². The number of hydrogen-bond donors (Lipinski definition) is 1. The van der Waals surface area contributed by atoms with Gasteiger partial charge >= 0.3 is 0 Å². The Morgan fingerprint density at radius 1 is 1.14 bits per heavy atom. The van der Waals surface area contributed by atoms with E-state index in [9.17, 15) is 5.11 Å². The van der Waals surface area contributed by atoms with E-state index in [0.29, 0.717) is 11.7 Å². The lowest BCUT2D eigenvalue weighted by Crippen LogP contribution is -2.20. The minimum Gasteiger partial charge on any atom is -0.508 e. The summed E-state index contributed by atoms with van der Waals surface area (Å²) in [6.45, 7) is 8.60. The summed E-state index contributed by atoms with van der Waals surface area (Å²) in [7, 11) is 0.814. The summed E-state index contributed by atoms with van der Waals surface area (Å²) in [6, 6.07) is 12.5. The van der Waals surface area contributed by atoms with Crippen molar-refractivity contribution in [2.45, 2.75) is 38.5 Å². The van der Waals surface area contributed by atoms with Gasteiger partial charge in [-0.05, 0) is 60.0 Å². The van der Waals surface area contributed by atoms with Crippen LogP contribution >= 0.6 is 11.8 Å². The largest absolute Gasteiger partial charge is 0.508 e. The quantitative estimate of drug-likeness (QED) is 0.659. The third kappa shape index (κ3) is 4.14. The van der Waals surface area contributed by atoms with Crippen molar-refractivity contribution in [3.8, 4) is 5.75 Å². The first-order chi connectivity index (χ1) is 9.99. The molecule has 0 aliphatic heterocycles. The average Bonchev–Trinajstić information content (AvgIpc) is 2.45. The van der Waals surface area contributed by atoms with E-state index >= 15 is 0 Å². The van der Waals surface area contributed by atoms with E-state index in [-0.39, 0.29) is 0 Å². The van der Waals surface area contributed by atoms with Crippen molar-refractivity contribution in [1.29, 1.82) is 0 Å². The first-order valence-corrected chi connectivity index (χ1v) is 9.44. The highest BCUT2D eigenvalue weighted by Gasteiger charge is 2.08. The maximum Gasteiger partial charge on any atom is 0.119 e. The van der Waals surface area contributed by atoms with Crippen LogP contribution in [-0.4, -0.2) is 20.0 Å². The predicted molar refractivity (Wildman–Crippen MR) is 94.2 cm³/mol. The number of phenols is 1. The van der Waals surface area contributed by atoms with Gasteiger partial charge in [0.2, 0.25) is 0 Å². The molecule has 2 radical (unpaired) electrons. The molecule has 2 aromatic carbocycles. The van der Waals surface area contributed by atoms with Crippen LogP contribution in [-0.2, 0) is 0 Å².